The second kappa shape index (κ2) is 4.87. The highest BCUT2D eigenvalue weighted by Gasteiger charge is 2.18. The van der Waals surface area contributed by atoms with Gasteiger partial charge in [0, 0.05) is 17.4 Å². The topological polar surface area (TPSA) is 66.0 Å². The van der Waals surface area contributed by atoms with Gasteiger partial charge in [0.1, 0.15) is 17.1 Å². The van der Waals surface area contributed by atoms with Crippen LogP contribution in [0, 0.1) is 0 Å². The van der Waals surface area contributed by atoms with Gasteiger partial charge in [-0.3, -0.25) is 0 Å². The van der Waals surface area contributed by atoms with Crippen molar-refractivity contribution < 1.29 is 9.15 Å². The van der Waals surface area contributed by atoms with E-state index in [9.17, 15) is 0 Å². The van der Waals surface area contributed by atoms with Crippen molar-refractivity contribution in [3.8, 4) is 5.75 Å². The number of hydrogen-bond donors (Lipinski definition) is 0. The minimum atomic E-state index is 0.319. The van der Waals surface area contributed by atoms with Crippen molar-refractivity contribution in [1.82, 2.24) is 20.2 Å². The van der Waals surface area contributed by atoms with E-state index in [1.165, 1.54) is 28.6 Å². The van der Waals surface area contributed by atoms with Crippen LogP contribution in [0.15, 0.2) is 22.6 Å². The first-order chi connectivity index (χ1) is 10.3. The molecule has 6 nitrogen and oxygen atoms in total. The predicted molar refractivity (Wildman–Crippen MR) is 76.0 cm³/mol. The van der Waals surface area contributed by atoms with Crippen molar-refractivity contribution in [3.63, 3.8) is 0 Å². The van der Waals surface area contributed by atoms with Crippen LogP contribution in [0.2, 0.25) is 0 Å². The molecule has 2 aromatic heterocycles. The zero-order valence-corrected chi connectivity index (χ0v) is 11.9. The molecule has 0 saturated carbocycles. The second-order valence-corrected chi connectivity index (χ2v) is 5.35. The highest BCUT2D eigenvalue weighted by atomic mass is 16.5. The van der Waals surface area contributed by atoms with Gasteiger partial charge in [-0.15, -0.1) is 10.2 Å². The van der Waals surface area contributed by atoms with Crippen molar-refractivity contribution in [2.45, 2.75) is 32.3 Å². The monoisotopic (exact) mass is 284 g/mol. The first-order valence-electron chi connectivity index (χ1n) is 7.19. The molecule has 0 spiro atoms. The molecule has 21 heavy (non-hydrogen) atoms. The second-order valence-electron chi connectivity index (χ2n) is 5.35. The molecule has 0 fully saturated rings. The molecule has 0 aliphatic heterocycles. The fourth-order valence-corrected chi connectivity index (χ4v) is 2.86. The van der Waals surface area contributed by atoms with Crippen LogP contribution in [0.25, 0.3) is 11.0 Å². The van der Waals surface area contributed by atoms with E-state index in [0.29, 0.717) is 12.4 Å². The van der Waals surface area contributed by atoms with Crippen LogP contribution in [-0.2, 0) is 26.5 Å². The van der Waals surface area contributed by atoms with Crippen molar-refractivity contribution in [2.24, 2.45) is 7.05 Å². The number of rotatable bonds is 3. The molecule has 3 aromatic rings. The Kier molecular flexibility index (Phi) is 2.87. The van der Waals surface area contributed by atoms with E-state index >= 15 is 0 Å². The lowest BCUT2D eigenvalue weighted by Gasteiger charge is -2.08. The summed E-state index contributed by atoms with van der Waals surface area (Å²) in [5.41, 5.74) is 2.30. The van der Waals surface area contributed by atoms with Gasteiger partial charge < -0.3 is 9.15 Å². The summed E-state index contributed by atoms with van der Waals surface area (Å²) in [6.07, 6.45) is 4.59. The summed E-state index contributed by atoms with van der Waals surface area (Å²) < 4.78 is 11.7. The molecule has 0 amide bonds. The summed E-state index contributed by atoms with van der Waals surface area (Å²) >= 11 is 0. The number of hydrogen-bond acceptors (Lipinski definition) is 5. The molecule has 1 aliphatic rings. The number of furan rings is 1. The van der Waals surface area contributed by atoms with E-state index in [4.69, 9.17) is 9.15 Å². The van der Waals surface area contributed by atoms with Crippen LogP contribution in [-0.4, -0.2) is 20.2 Å². The largest absolute Gasteiger partial charge is 0.485 e. The summed E-state index contributed by atoms with van der Waals surface area (Å²) in [5.74, 6) is 2.53. The average Bonchev–Trinajstić information content (AvgIpc) is 3.08. The van der Waals surface area contributed by atoms with Crippen LogP contribution in [0.1, 0.15) is 30.0 Å². The van der Waals surface area contributed by atoms with Gasteiger partial charge in [0.15, 0.2) is 6.61 Å². The zero-order valence-electron chi connectivity index (χ0n) is 11.9. The Morgan fingerprint density at radius 1 is 1.29 bits per heavy atom. The number of aromatic nitrogens is 4. The smallest absolute Gasteiger partial charge is 0.212 e. The Balaban J connectivity index is 1.61. The number of fused-ring (bicyclic) bond motifs is 3. The third-order valence-electron chi connectivity index (χ3n) is 3.84. The summed E-state index contributed by atoms with van der Waals surface area (Å²) in [5, 5.41) is 13.0. The third kappa shape index (κ3) is 2.26. The lowest BCUT2D eigenvalue weighted by Crippen LogP contribution is -2.00. The Hall–Kier alpha value is -2.37. The number of aryl methyl sites for hydroxylation is 3. The molecule has 4 rings (SSSR count). The lowest BCUT2D eigenvalue weighted by molar-refractivity contribution is 0.295. The van der Waals surface area contributed by atoms with Crippen molar-refractivity contribution in [1.29, 1.82) is 0 Å². The van der Waals surface area contributed by atoms with Gasteiger partial charge in [-0.25, -0.2) is 0 Å². The van der Waals surface area contributed by atoms with E-state index in [2.05, 4.69) is 21.5 Å². The van der Waals surface area contributed by atoms with E-state index in [-0.39, 0.29) is 0 Å². The summed E-state index contributed by atoms with van der Waals surface area (Å²) in [6, 6.07) is 5.96. The fraction of sp³-hybridized carbons (Fsp3) is 0.400. The van der Waals surface area contributed by atoms with Gasteiger partial charge in [-0.1, -0.05) is 0 Å². The van der Waals surface area contributed by atoms with E-state index in [1.54, 1.807) is 7.05 Å². The van der Waals surface area contributed by atoms with Gasteiger partial charge >= 0.3 is 0 Å². The minimum Gasteiger partial charge on any atom is -0.485 e. The van der Waals surface area contributed by atoms with E-state index < -0.39 is 0 Å². The predicted octanol–water partition coefficient (Wildman–Crippen LogP) is 2.41. The third-order valence-corrected chi connectivity index (χ3v) is 3.84. The van der Waals surface area contributed by atoms with Gasteiger partial charge in [0.25, 0.3) is 0 Å². The van der Waals surface area contributed by atoms with Crippen LogP contribution >= 0.6 is 0 Å². The van der Waals surface area contributed by atoms with Gasteiger partial charge in [0.05, 0.1) is 7.05 Å². The van der Waals surface area contributed by atoms with Crippen LogP contribution in [0.3, 0.4) is 0 Å². The molecule has 2 heterocycles. The molecule has 6 heteroatoms. The van der Waals surface area contributed by atoms with Crippen LogP contribution < -0.4 is 4.74 Å². The molecule has 0 radical (unpaired) electrons. The van der Waals surface area contributed by atoms with Crippen molar-refractivity contribution in [2.75, 3.05) is 0 Å². The maximum absolute atomic E-state index is 5.92. The number of nitrogens with zero attached hydrogens (tertiary/aromatic N) is 4. The normalized spacial score (nSPS) is 14.3. The maximum Gasteiger partial charge on any atom is 0.212 e. The first kappa shape index (κ1) is 12.4. The highest BCUT2D eigenvalue weighted by molar-refractivity contribution is 5.84. The lowest BCUT2D eigenvalue weighted by atomic mass is 9.96. The molecule has 0 unspecified atom stereocenters. The molecular weight excluding hydrogens is 268 g/mol. The van der Waals surface area contributed by atoms with Crippen LogP contribution in [0.4, 0.5) is 0 Å². The molecule has 1 aliphatic carbocycles. The summed E-state index contributed by atoms with van der Waals surface area (Å²) in [4.78, 5) is 1.42. The fourth-order valence-electron chi connectivity index (χ4n) is 2.86. The van der Waals surface area contributed by atoms with E-state index in [1.807, 2.05) is 12.1 Å². The summed E-state index contributed by atoms with van der Waals surface area (Å²) in [7, 11) is 1.74. The average molecular weight is 284 g/mol. The molecule has 0 saturated heterocycles. The Bertz CT molecular complexity index is 790. The molecular formula is C15H16N4O2. The summed E-state index contributed by atoms with van der Waals surface area (Å²) in [6.45, 7) is 0.319. The number of tetrazole rings is 1. The Morgan fingerprint density at radius 3 is 3.05 bits per heavy atom. The molecule has 0 bridgehead atoms. The van der Waals surface area contributed by atoms with Crippen molar-refractivity contribution in [3.05, 3.63) is 35.3 Å². The standard InChI is InChI=1S/C15H16N4O2/c1-19-17-15(16-18-19)9-20-10-6-7-14-12(8-10)11-4-2-3-5-13(11)21-14/h6-8H,2-5,9H2,1H3. The first-order valence-corrected chi connectivity index (χ1v) is 7.19. The van der Waals surface area contributed by atoms with Gasteiger partial charge in [-0.05, 0) is 42.7 Å². The van der Waals surface area contributed by atoms with Crippen molar-refractivity contribution >= 4 is 11.0 Å². The number of ether oxygens (including phenoxy) is 1. The quantitative estimate of drug-likeness (QED) is 0.739. The number of benzene rings is 1. The zero-order chi connectivity index (χ0) is 14.2. The van der Waals surface area contributed by atoms with Crippen LogP contribution in [0.5, 0.6) is 5.75 Å². The van der Waals surface area contributed by atoms with E-state index in [0.717, 1.165) is 29.9 Å². The van der Waals surface area contributed by atoms with Gasteiger partial charge in [0.2, 0.25) is 5.82 Å². The molecule has 0 N–H and O–H groups in total. The maximum atomic E-state index is 5.92. The highest BCUT2D eigenvalue weighted by Crippen LogP contribution is 2.33. The Morgan fingerprint density at radius 2 is 2.19 bits per heavy atom. The SMILES string of the molecule is Cn1nnc(COc2ccc3oc4c(c3c2)CCCC4)n1. The Labute approximate surface area is 121 Å². The molecule has 108 valence electrons. The molecule has 0 atom stereocenters. The molecule has 1 aromatic carbocycles. The minimum absolute atomic E-state index is 0.319. The van der Waals surface area contributed by atoms with Gasteiger partial charge in [-0.2, -0.15) is 4.80 Å².